The van der Waals surface area contributed by atoms with Gasteiger partial charge in [-0.15, -0.1) is 0 Å². The lowest BCUT2D eigenvalue weighted by Gasteiger charge is -2.08. The van der Waals surface area contributed by atoms with Crippen LogP contribution in [0, 0.1) is 6.92 Å². The van der Waals surface area contributed by atoms with Gasteiger partial charge in [-0.3, -0.25) is 4.79 Å². The number of aromatic nitrogens is 1. The first-order chi connectivity index (χ1) is 14.2. The predicted molar refractivity (Wildman–Crippen MR) is 109 cm³/mol. The van der Waals surface area contributed by atoms with Gasteiger partial charge in [0, 0.05) is 28.2 Å². The quantitative estimate of drug-likeness (QED) is 0.572. The van der Waals surface area contributed by atoms with Gasteiger partial charge in [-0.05, 0) is 49.2 Å². The molecule has 0 radical (unpaired) electrons. The van der Waals surface area contributed by atoms with Gasteiger partial charge in [0.05, 0.1) is 5.56 Å². The molecular weight excluding hydrogens is 417 g/mol. The van der Waals surface area contributed by atoms with Crippen LogP contribution in [0.15, 0.2) is 47.3 Å². The number of amides is 1. The Labute approximate surface area is 174 Å². The number of nitrogens with one attached hydrogen (secondary N) is 2. The summed E-state index contributed by atoms with van der Waals surface area (Å²) in [4.78, 5) is 27.5. The summed E-state index contributed by atoms with van der Waals surface area (Å²) in [6, 6.07) is 9.80. The lowest BCUT2D eigenvalue weighted by molar-refractivity contribution is -0.137. The normalized spacial score (nSPS) is 11.4. The smallest absolute Gasteiger partial charge is 0.399 e. The molecule has 0 saturated carbocycles. The molecule has 1 amide bonds. The summed E-state index contributed by atoms with van der Waals surface area (Å²) in [5.74, 6) is 0. The van der Waals surface area contributed by atoms with E-state index in [9.17, 15) is 22.8 Å². The number of carbonyl (C=O) groups excluding carboxylic acids is 1. The Morgan fingerprint density at radius 3 is 2.50 bits per heavy atom. The largest absolute Gasteiger partial charge is 0.416 e. The molecule has 0 saturated heterocycles. The second-order valence-corrected chi connectivity index (χ2v) is 7.62. The number of aromatic amines is 1. The van der Waals surface area contributed by atoms with Crippen molar-refractivity contribution < 1.29 is 22.7 Å². The first kappa shape index (κ1) is 21.6. The summed E-state index contributed by atoms with van der Waals surface area (Å²) >= 11 is 1.25. The fourth-order valence-electron chi connectivity index (χ4n) is 2.82. The predicted octanol–water partition coefficient (Wildman–Crippen LogP) is 5.28. The van der Waals surface area contributed by atoms with E-state index < -0.39 is 17.8 Å². The molecule has 158 valence electrons. The molecule has 2 aromatic heterocycles. The molecule has 3 aromatic rings. The van der Waals surface area contributed by atoms with Crippen LogP contribution >= 0.6 is 11.3 Å². The number of carbonyl (C=O) groups is 1. The molecule has 5 nitrogen and oxygen atoms in total. The fraction of sp³-hybridized carbons (Fsp3) is 0.238. The van der Waals surface area contributed by atoms with E-state index in [1.54, 1.807) is 19.1 Å². The van der Waals surface area contributed by atoms with E-state index in [2.05, 4.69) is 10.3 Å². The van der Waals surface area contributed by atoms with Crippen LogP contribution in [-0.4, -0.2) is 11.1 Å². The number of halogens is 3. The number of hydrogen-bond acceptors (Lipinski definition) is 4. The average Bonchev–Trinajstić information content (AvgIpc) is 3.14. The van der Waals surface area contributed by atoms with E-state index in [1.165, 1.54) is 23.5 Å². The second-order valence-electron chi connectivity index (χ2n) is 6.57. The Morgan fingerprint density at radius 1 is 1.17 bits per heavy atom. The maximum atomic E-state index is 12.6. The molecule has 0 atom stereocenters. The Hall–Kier alpha value is -3.07. The highest BCUT2D eigenvalue weighted by molar-refractivity contribution is 7.17. The SMILES string of the molecule is CCc1cc(-c2ccc(OC(=O)NCc3ccc(C(F)(F)F)cc3)s2)c(C)[nH]c1=O. The zero-order valence-electron chi connectivity index (χ0n) is 16.2. The number of H-pyrrole nitrogens is 1. The average molecular weight is 436 g/mol. The van der Waals surface area contributed by atoms with E-state index in [-0.39, 0.29) is 12.1 Å². The molecule has 2 heterocycles. The second kappa shape index (κ2) is 8.74. The lowest BCUT2D eigenvalue weighted by atomic mass is 10.1. The molecule has 30 heavy (non-hydrogen) atoms. The van der Waals surface area contributed by atoms with E-state index in [0.29, 0.717) is 22.6 Å². The summed E-state index contributed by atoms with van der Waals surface area (Å²) in [7, 11) is 0. The molecule has 9 heteroatoms. The van der Waals surface area contributed by atoms with Gasteiger partial charge >= 0.3 is 12.3 Å². The molecule has 0 fully saturated rings. The number of benzene rings is 1. The zero-order chi connectivity index (χ0) is 21.9. The van der Waals surface area contributed by atoms with E-state index in [4.69, 9.17) is 4.74 Å². The molecule has 1 aromatic carbocycles. The van der Waals surface area contributed by atoms with Crippen molar-refractivity contribution in [2.75, 3.05) is 0 Å². The third kappa shape index (κ3) is 5.10. The minimum atomic E-state index is -4.40. The third-order valence-corrected chi connectivity index (χ3v) is 5.45. The lowest BCUT2D eigenvalue weighted by Crippen LogP contribution is -2.25. The standard InChI is InChI=1S/C21H19F3N2O3S/c1-3-14-10-16(12(2)26-19(14)27)17-8-9-18(30-17)29-20(28)25-11-13-4-6-15(7-5-13)21(22,23)24/h4-10H,3,11H2,1-2H3,(H,25,28)(H,26,27). The van der Waals surface area contributed by atoms with Crippen LogP contribution in [0.5, 0.6) is 5.06 Å². The molecule has 0 spiro atoms. The van der Waals surface area contributed by atoms with Crippen LogP contribution in [0.3, 0.4) is 0 Å². The minimum absolute atomic E-state index is 0.0358. The number of ether oxygens (including phenoxy) is 1. The van der Waals surface area contributed by atoms with Crippen LogP contribution in [-0.2, 0) is 19.1 Å². The van der Waals surface area contributed by atoms with Gasteiger partial charge < -0.3 is 15.0 Å². The molecule has 0 bridgehead atoms. The zero-order valence-corrected chi connectivity index (χ0v) is 17.0. The Balaban J connectivity index is 1.62. The Kier molecular flexibility index (Phi) is 6.31. The maximum absolute atomic E-state index is 12.6. The fourth-order valence-corrected chi connectivity index (χ4v) is 3.75. The number of alkyl halides is 3. The van der Waals surface area contributed by atoms with E-state index in [0.717, 1.165) is 28.3 Å². The Bertz CT molecular complexity index is 1100. The number of thiophene rings is 1. The van der Waals surface area contributed by atoms with Crippen LogP contribution < -0.4 is 15.6 Å². The molecule has 0 aliphatic rings. The first-order valence-corrected chi connectivity index (χ1v) is 9.94. The first-order valence-electron chi connectivity index (χ1n) is 9.12. The maximum Gasteiger partial charge on any atom is 0.416 e. The topological polar surface area (TPSA) is 71.2 Å². The van der Waals surface area contributed by atoms with Crippen LogP contribution in [0.2, 0.25) is 0 Å². The van der Waals surface area contributed by atoms with Crippen molar-refractivity contribution in [3.05, 3.63) is 75.2 Å². The highest BCUT2D eigenvalue weighted by Crippen LogP contribution is 2.34. The molecule has 0 aliphatic heterocycles. The summed E-state index contributed by atoms with van der Waals surface area (Å²) in [5.41, 5.74) is 1.90. The highest BCUT2D eigenvalue weighted by Gasteiger charge is 2.29. The summed E-state index contributed by atoms with van der Waals surface area (Å²) in [5, 5.41) is 2.87. The molecule has 2 N–H and O–H groups in total. The number of pyridine rings is 1. The molecule has 0 aliphatic carbocycles. The van der Waals surface area contributed by atoms with Crippen molar-refractivity contribution in [2.24, 2.45) is 0 Å². The number of hydrogen-bond donors (Lipinski definition) is 2. The number of rotatable bonds is 5. The monoisotopic (exact) mass is 436 g/mol. The van der Waals surface area contributed by atoms with Crippen molar-refractivity contribution in [1.29, 1.82) is 0 Å². The van der Waals surface area contributed by atoms with Crippen molar-refractivity contribution in [3.63, 3.8) is 0 Å². The van der Waals surface area contributed by atoms with E-state index in [1.807, 2.05) is 13.0 Å². The van der Waals surface area contributed by atoms with Crippen LogP contribution in [0.1, 0.15) is 29.3 Å². The Morgan fingerprint density at radius 2 is 1.87 bits per heavy atom. The van der Waals surface area contributed by atoms with Gasteiger partial charge in [-0.2, -0.15) is 13.2 Å². The van der Waals surface area contributed by atoms with Crippen molar-refractivity contribution in [3.8, 4) is 15.5 Å². The number of aryl methyl sites for hydroxylation is 2. The minimum Gasteiger partial charge on any atom is -0.399 e. The molecule has 3 rings (SSSR count). The van der Waals surface area contributed by atoms with Crippen molar-refractivity contribution >= 4 is 17.4 Å². The molecule has 0 unspecified atom stereocenters. The highest BCUT2D eigenvalue weighted by atomic mass is 32.1. The van der Waals surface area contributed by atoms with Gasteiger partial charge in [-0.1, -0.05) is 30.4 Å². The van der Waals surface area contributed by atoms with E-state index >= 15 is 0 Å². The summed E-state index contributed by atoms with van der Waals surface area (Å²) in [6.07, 6.45) is -4.51. The van der Waals surface area contributed by atoms with Gasteiger partial charge in [0.15, 0.2) is 5.06 Å². The van der Waals surface area contributed by atoms with Crippen molar-refractivity contribution in [1.82, 2.24) is 10.3 Å². The van der Waals surface area contributed by atoms with Gasteiger partial charge in [0.2, 0.25) is 0 Å². The van der Waals surface area contributed by atoms with Gasteiger partial charge in [-0.25, -0.2) is 4.79 Å². The summed E-state index contributed by atoms with van der Waals surface area (Å²) < 4.78 is 43.0. The molecular formula is C21H19F3N2O3S. The van der Waals surface area contributed by atoms with Gasteiger partial charge in [0.1, 0.15) is 0 Å². The van der Waals surface area contributed by atoms with Crippen molar-refractivity contribution in [2.45, 2.75) is 33.0 Å². The van der Waals surface area contributed by atoms with Gasteiger partial charge in [0.25, 0.3) is 5.56 Å². The third-order valence-electron chi connectivity index (χ3n) is 4.45. The van der Waals surface area contributed by atoms with Crippen LogP contribution in [0.25, 0.3) is 10.4 Å². The van der Waals surface area contributed by atoms with Crippen LogP contribution in [0.4, 0.5) is 18.0 Å². The summed E-state index contributed by atoms with van der Waals surface area (Å²) in [6.45, 7) is 3.73.